The van der Waals surface area contributed by atoms with Crippen LogP contribution in [0.1, 0.15) is 38.2 Å². The maximum absolute atomic E-state index is 13.2. The van der Waals surface area contributed by atoms with Gasteiger partial charge in [-0.1, -0.05) is 35.9 Å². The van der Waals surface area contributed by atoms with Crippen LogP contribution in [-0.4, -0.2) is 47.1 Å². The van der Waals surface area contributed by atoms with Gasteiger partial charge in [0.05, 0.1) is 5.92 Å². The van der Waals surface area contributed by atoms with Crippen LogP contribution in [0.2, 0.25) is 0 Å². The molecule has 1 aromatic rings. The van der Waals surface area contributed by atoms with E-state index in [-0.39, 0.29) is 17.4 Å². The number of nitrogens with zero attached hydrogens (tertiary/aromatic N) is 1. The zero-order valence-electron chi connectivity index (χ0n) is 15.7. The van der Waals surface area contributed by atoms with Crippen LogP contribution in [0.3, 0.4) is 0 Å². The van der Waals surface area contributed by atoms with Gasteiger partial charge in [0.25, 0.3) is 0 Å². The van der Waals surface area contributed by atoms with Crippen molar-refractivity contribution in [2.24, 2.45) is 11.8 Å². The second-order valence-electron chi connectivity index (χ2n) is 8.20. The number of amides is 2. The van der Waals surface area contributed by atoms with E-state index in [1.54, 1.807) is 5.48 Å². The third-order valence-corrected chi connectivity index (χ3v) is 6.48. The molecular formula is C21H27N3O3. The molecule has 3 atom stereocenters. The Morgan fingerprint density at radius 1 is 1.26 bits per heavy atom. The molecule has 4 rings (SSSR count). The third kappa shape index (κ3) is 3.51. The fourth-order valence-corrected chi connectivity index (χ4v) is 4.77. The van der Waals surface area contributed by atoms with E-state index < -0.39 is 11.8 Å². The highest BCUT2D eigenvalue weighted by Crippen LogP contribution is 2.43. The van der Waals surface area contributed by atoms with Crippen molar-refractivity contribution in [3.63, 3.8) is 0 Å². The minimum absolute atomic E-state index is 0.00610. The molecular weight excluding hydrogens is 342 g/mol. The number of nitrogens with one attached hydrogen (secondary N) is 2. The van der Waals surface area contributed by atoms with Crippen LogP contribution in [-0.2, 0) is 9.59 Å². The van der Waals surface area contributed by atoms with Gasteiger partial charge in [-0.3, -0.25) is 14.8 Å². The Balaban J connectivity index is 1.49. The zero-order valence-corrected chi connectivity index (χ0v) is 15.7. The molecule has 2 aliphatic heterocycles. The van der Waals surface area contributed by atoms with Gasteiger partial charge in [0.1, 0.15) is 0 Å². The lowest BCUT2D eigenvalue weighted by molar-refractivity contribution is -0.147. The summed E-state index contributed by atoms with van der Waals surface area (Å²) in [5, 5.41) is 12.5. The van der Waals surface area contributed by atoms with Crippen molar-refractivity contribution in [1.82, 2.24) is 15.7 Å². The lowest BCUT2D eigenvalue weighted by Gasteiger charge is -2.38. The highest BCUT2D eigenvalue weighted by molar-refractivity contribution is 5.88. The van der Waals surface area contributed by atoms with Crippen LogP contribution in [0.15, 0.2) is 35.9 Å². The largest absolute Gasteiger partial charge is 0.338 e. The summed E-state index contributed by atoms with van der Waals surface area (Å²) in [7, 11) is 0. The molecule has 1 saturated heterocycles. The van der Waals surface area contributed by atoms with Gasteiger partial charge >= 0.3 is 0 Å². The van der Waals surface area contributed by atoms with Gasteiger partial charge in [-0.2, -0.15) is 0 Å². The topological polar surface area (TPSA) is 91.6 Å². The molecule has 0 bridgehead atoms. The maximum Gasteiger partial charge on any atom is 0.247 e. The fourth-order valence-electron chi connectivity index (χ4n) is 4.77. The molecule has 3 aliphatic rings. The second kappa shape index (κ2) is 7.09. The lowest BCUT2D eigenvalue weighted by atomic mass is 9.72. The van der Waals surface area contributed by atoms with Crippen LogP contribution in [0, 0.1) is 11.8 Å². The van der Waals surface area contributed by atoms with E-state index in [1.807, 2.05) is 23.1 Å². The molecule has 2 fully saturated rings. The SMILES string of the molecule is CC1=C(c2ccccc2)CCN(C(=O)C2CCC3(CN3)CC2C(=O)NO)C1. The first-order valence-electron chi connectivity index (χ1n) is 9.75. The van der Waals surface area contributed by atoms with Crippen molar-refractivity contribution in [2.75, 3.05) is 19.6 Å². The predicted molar refractivity (Wildman–Crippen MR) is 102 cm³/mol. The van der Waals surface area contributed by atoms with Crippen LogP contribution in [0.4, 0.5) is 0 Å². The van der Waals surface area contributed by atoms with Crippen LogP contribution in [0.5, 0.6) is 0 Å². The van der Waals surface area contributed by atoms with E-state index >= 15 is 0 Å². The van der Waals surface area contributed by atoms with Crippen molar-refractivity contribution in [1.29, 1.82) is 0 Å². The number of carbonyl (C=O) groups excluding carboxylic acids is 2. The summed E-state index contributed by atoms with van der Waals surface area (Å²) in [6.07, 6.45) is 3.05. The summed E-state index contributed by atoms with van der Waals surface area (Å²) in [5.74, 6) is -1.21. The minimum atomic E-state index is -0.467. The van der Waals surface area contributed by atoms with E-state index in [0.717, 1.165) is 19.4 Å². The van der Waals surface area contributed by atoms with Gasteiger partial charge in [0, 0.05) is 31.1 Å². The van der Waals surface area contributed by atoms with Crippen molar-refractivity contribution in [3.05, 3.63) is 41.5 Å². The Bertz CT molecular complexity index is 770. The summed E-state index contributed by atoms with van der Waals surface area (Å²) >= 11 is 0. The molecule has 2 heterocycles. The molecule has 3 N–H and O–H groups in total. The first-order chi connectivity index (χ1) is 13.0. The van der Waals surface area contributed by atoms with E-state index in [0.29, 0.717) is 25.9 Å². The summed E-state index contributed by atoms with van der Waals surface area (Å²) < 4.78 is 0. The van der Waals surface area contributed by atoms with Gasteiger partial charge in [-0.25, -0.2) is 5.48 Å². The highest BCUT2D eigenvalue weighted by Gasteiger charge is 2.52. The second-order valence-corrected chi connectivity index (χ2v) is 8.20. The Morgan fingerprint density at radius 2 is 2.00 bits per heavy atom. The van der Waals surface area contributed by atoms with Gasteiger partial charge in [0.2, 0.25) is 11.8 Å². The lowest BCUT2D eigenvalue weighted by Crippen LogP contribution is -2.49. The number of hydroxylamine groups is 1. The first-order valence-corrected chi connectivity index (χ1v) is 9.75. The molecule has 1 aromatic carbocycles. The zero-order chi connectivity index (χ0) is 19.0. The Kier molecular flexibility index (Phi) is 4.78. The number of hydrogen-bond donors (Lipinski definition) is 3. The van der Waals surface area contributed by atoms with Crippen molar-refractivity contribution >= 4 is 17.4 Å². The Morgan fingerprint density at radius 3 is 2.63 bits per heavy atom. The number of benzene rings is 1. The third-order valence-electron chi connectivity index (χ3n) is 6.48. The van der Waals surface area contributed by atoms with Crippen molar-refractivity contribution < 1.29 is 14.8 Å². The average molecular weight is 369 g/mol. The molecule has 144 valence electrons. The first kappa shape index (κ1) is 18.2. The van der Waals surface area contributed by atoms with E-state index in [4.69, 9.17) is 5.21 Å². The summed E-state index contributed by atoms with van der Waals surface area (Å²) in [6, 6.07) is 10.3. The van der Waals surface area contributed by atoms with Gasteiger partial charge in [-0.15, -0.1) is 0 Å². The number of hydrogen-bond acceptors (Lipinski definition) is 4. The number of carbonyl (C=O) groups is 2. The van der Waals surface area contributed by atoms with Crippen LogP contribution < -0.4 is 10.8 Å². The quantitative estimate of drug-likeness (QED) is 0.431. The molecule has 1 spiro atoms. The van der Waals surface area contributed by atoms with Gasteiger partial charge in [-0.05, 0) is 43.7 Å². The summed E-state index contributed by atoms with van der Waals surface area (Å²) in [4.78, 5) is 27.3. The van der Waals surface area contributed by atoms with E-state index in [2.05, 4.69) is 24.4 Å². The molecule has 0 radical (unpaired) electrons. The highest BCUT2D eigenvalue weighted by atomic mass is 16.5. The molecule has 0 aromatic heterocycles. The maximum atomic E-state index is 13.2. The molecule has 2 amide bonds. The smallest absolute Gasteiger partial charge is 0.247 e. The monoisotopic (exact) mass is 369 g/mol. The van der Waals surface area contributed by atoms with E-state index in [9.17, 15) is 9.59 Å². The van der Waals surface area contributed by atoms with Crippen LogP contribution in [0.25, 0.3) is 5.57 Å². The van der Waals surface area contributed by atoms with Gasteiger partial charge < -0.3 is 10.2 Å². The molecule has 6 heteroatoms. The van der Waals surface area contributed by atoms with Crippen molar-refractivity contribution in [2.45, 2.75) is 38.1 Å². The molecule has 6 nitrogen and oxygen atoms in total. The fraction of sp³-hybridized carbons (Fsp3) is 0.524. The normalized spacial score (nSPS) is 30.4. The van der Waals surface area contributed by atoms with E-state index in [1.165, 1.54) is 16.7 Å². The van der Waals surface area contributed by atoms with Crippen LogP contribution >= 0.6 is 0 Å². The summed E-state index contributed by atoms with van der Waals surface area (Å²) in [6.45, 7) is 4.27. The molecule has 27 heavy (non-hydrogen) atoms. The minimum Gasteiger partial charge on any atom is -0.338 e. The Labute approximate surface area is 159 Å². The Hall–Kier alpha value is -2.18. The molecule has 3 unspecified atom stereocenters. The average Bonchev–Trinajstić information content (AvgIpc) is 3.46. The predicted octanol–water partition coefficient (Wildman–Crippen LogP) is 1.96. The summed E-state index contributed by atoms with van der Waals surface area (Å²) in [5.41, 5.74) is 5.53. The number of rotatable bonds is 3. The molecule has 1 aliphatic carbocycles. The van der Waals surface area contributed by atoms with Gasteiger partial charge in [0.15, 0.2) is 0 Å². The van der Waals surface area contributed by atoms with Crippen molar-refractivity contribution in [3.8, 4) is 0 Å². The molecule has 1 saturated carbocycles. The standard InChI is InChI=1S/C21H27N3O3/c1-14-12-24(10-8-16(14)15-5-3-2-4-6-15)20(26)17-7-9-21(13-22-21)11-18(17)19(25)23-27/h2-6,17-18,22,27H,7-13H2,1H3,(H,23,25).